The van der Waals surface area contributed by atoms with Crippen molar-refractivity contribution in [2.24, 2.45) is 5.92 Å². The fourth-order valence-electron chi connectivity index (χ4n) is 4.32. The molecule has 3 aromatic heterocycles. The molecule has 1 aliphatic carbocycles. The van der Waals surface area contributed by atoms with Crippen LogP contribution in [0.5, 0.6) is 0 Å². The van der Waals surface area contributed by atoms with Crippen LogP contribution in [0.2, 0.25) is 0 Å². The quantitative estimate of drug-likeness (QED) is 0.708. The van der Waals surface area contributed by atoms with E-state index in [1.807, 2.05) is 0 Å². The summed E-state index contributed by atoms with van der Waals surface area (Å²) in [6.45, 7) is 3.64. The molecule has 0 amide bonds. The van der Waals surface area contributed by atoms with Crippen LogP contribution < -0.4 is 5.56 Å². The lowest BCUT2D eigenvalue weighted by molar-refractivity contribution is 0.161. The van der Waals surface area contributed by atoms with Crippen molar-refractivity contribution in [1.29, 1.82) is 0 Å². The zero-order chi connectivity index (χ0) is 18.9. The molecule has 0 radical (unpaired) electrons. The van der Waals surface area contributed by atoms with E-state index in [2.05, 4.69) is 30.3 Å². The second-order valence-corrected chi connectivity index (χ2v) is 7.75. The van der Waals surface area contributed by atoms with Crippen molar-refractivity contribution in [3.63, 3.8) is 0 Å². The van der Waals surface area contributed by atoms with Gasteiger partial charge in [0.25, 0.3) is 5.56 Å². The molecular formula is C19H24N8O. The van der Waals surface area contributed by atoms with E-state index < -0.39 is 0 Å². The molecule has 3 aromatic rings. The van der Waals surface area contributed by atoms with Gasteiger partial charge in [0.15, 0.2) is 5.82 Å². The SMILES string of the molecule is O=c1ccc(-n2cncn2)nn1CC1CCN(Cc2n[nH]c3c2CCC3)CC1. The van der Waals surface area contributed by atoms with Crippen molar-refractivity contribution >= 4 is 0 Å². The number of hydrogen-bond donors (Lipinski definition) is 1. The zero-order valence-corrected chi connectivity index (χ0v) is 15.8. The monoisotopic (exact) mass is 380 g/mol. The Labute approximate surface area is 162 Å². The summed E-state index contributed by atoms with van der Waals surface area (Å²) in [6, 6.07) is 3.23. The number of aromatic amines is 1. The Bertz CT molecular complexity index is 997. The van der Waals surface area contributed by atoms with Crippen molar-refractivity contribution in [2.45, 2.75) is 45.2 Å². The van der Waals surface area contributed by atoms with Gasteiger partial charge in [0.05, 0.1) is 5.69 Å². The summed E-state index contributed by atoms with van der Waals surface area (Å²) in [4.78, 5) is 18.6. The first kappa shape index (κ1) is 17.3. The average molecular weight is 380 g/mol. The highest BCUT2D eigenvalue weighted by molar-refractivity contribution is 5.29. The number of rotatable bonds is 5. The van der Waals surface area contributed by atoms with E-state index in [0.717, 1.165) is 45.3 Å². The molecule has 0 spiro atoms. The van der Waals surface area contributed by atoms with Crippen LogP contribution in [0.1, 0.15) is 36.2 Å². The largest absolute Gasteiger partial charge is 0.297 e. The third kappa shape index (κ3) is 3.37. The normalized spacial score (nSPS) is 17.9. The summed E-state index contributed by atoms with van der Waals surface area (Å²) in [5.41, 5.74) is 3.94. The van der Waals surface area contributed by atoms with E-state index in [-0.39, 0.29) is 5.56 Å². The molecule has 0 aromatic carbocycles. The van der Waals surface area contributed by atoms with Gasteiger partial charge in [-0.05, 0) is 62.7 Å². The molecule has 1 N–H and O–H groups in total. The van der Waals surface area contributed by atoms with E-state index in [0.29, 0.717) is 18.3 Å². The fraction of sp³-hybridized carbons (Fsp3) is 0.526. The van der Waals surface area contributed by atoms with E-state index >= 15 is 0 Å². The summed E-state index contributed by atoms with van der Waals surface area (Å²) in [7, 11) is 0. The molecule has 9 nitrogen and oxygen atoms in total. The molecule has 2 aliphatic rings. The predicted octanol–water partition coefficient (Wildman–Crippen LogP) is 0.948. The lowest BCUT2D eigenvalue weighted by Gasteiger charge is -2.31. The number of aromatic nitrogens is 7. The zero-order valence-electron chi connectivity index (χ0n) is 15.8. The molecule has 4 heterocycles. The molecule has 1 saturated heterocycles. The molecular weight excluding hydrogens is 356 g/mol. The fourth-order valence-corrected chi connectivity index (χ4v) is 4.32. The molecule has 1 fully saturated rings. The Morgan fingerprint density at radius 1 is 1.18 bits per heavy atom. The van der Waals surface area contributed by atoms with Gasteiger partial charge in [0.2, 0.25) is 0 Å². The first-order valence-corrected chi connectivity index (χ1v) is 9.97. The number of likely N-dealkylation sites (tertiary alicyclic amines) is 1. The number of aryl methyl sites for hydroxylation is 1. The van der Waals surface area contributed by atoms with E-state index in [4.69, 9.17) is 0 Å². The summed E-state index contributed by atoms with van der Waals surface area (Å²) >= 11 is 0. The van der Waals surface area contributed by atoms with Crippen LogP contribution in [0, 0.1) is 5.92 Å². The van der Waals surface area contributed by atoms with E-state index in [1.54, 1.807) is 27.8 Å². The molecule has 0 atom stereocenters. The van der Waals surface area contributed by atoms with Crippen molar-refractivity contribution in [1.82, 2.24) is 39.6 Å². The number of H-pyrrole nitrogens is 1. The van der Waals surface area contributed by atoms with Crippen molar-refractivity contribution in [3.05, 3.63) is 52.1 Å². The Hall–Kier alpha value is -2.81. The van der Waals surface area contributed by atoms with Crippen LogP contribution in [0.3, 0.4) is 0 Å². The highest BCUT2D eigenvalue weighted by atomic mass is 16.1. The Balaban J connectivity index is 1.21. The first-order valence-electron chi connectivity index (χ1n) is 9.97. The highest BCUT2D eigenvalue weighted by Gasteiger charge is 2.24. The highest BCUT2D eigenvalue weighted by Crippen LogP contribution is 2.25. The molecule has 0 saturated carbocycles. The molecule has 1 aliphatic heterocycles. The minimum Gasteiger partial charge on any atom is -0.297 e. The predicted molar refractivity (Wildman–Crippen MR) is 102 cm³/mol. The summed E-state index contributed by atoms with van der Waals surface area (Å²) in [5.74, 6) is 1.07. The van der Waals surface area contributed by atoms with Crippen LogP contribution in [0.4, 0.5) is 0 Å². The lowest BCUT2D eigenvalue weighted by Crippen LogP contribution is -2.36. The van der Waals surface area contributed by atoms with Gasteiger partial charge in [0.1, 0.15) is 12.7 Å². The van der Waals surface area contributed by atoms with Crippen molar-refractivity contribution in [2.75, 3.05) is 13.1 Å². The van der Waals surface area contributed by atoms with Crippen molar-refractivity contribution in [3.8, 4) is 5.82 Å². The van der Waals surface area contributed by atoms with Gasteiger partial charge in [-0.2, -0.15) is 10.2 Å². The molecule has 9 heteroatoms. The number of fused-ring (bicyclic) bond motifs is 1. The van der Waals surface area contributed by atoms with Gasteiger partial charge in [0, 0.05) is 24.8 Å². The molecule has 5 rings (SSSR count). The minimum absolute atomic E-state index is 0.0709. The van der Waals surface area contributed by atoms with Crippen LogP contribution in [-0.2, 0) is 25.9 Å². The van der Waals surface area contributed by atoms with E-state index in [1.165, 1.54) is 29.7 Å². The number of piperidine rings is 1. The van der Waals surface area contributed by atoms with Crippen LogP contribution in [-0.4, -0.2) is 52.7 Å². The third-order valence-corrected chi connectivity index (χ3v) is 5.91. The topological polar surface area (TPSA) is 97.5 Å². The Morgan fingerprint density at radius 3 is 2.89 bits per heavy atom. The minimum atomic E-state index is -0.0709. The van der Waals surface area contributed by atoms with Gasteiger partial charge in [-0.15, -0.1) is 5.10 Å². The lowest BCUT2D eigenvalue weighted by atomic mass is 9.96. The number of hydrogen-bond acceptors (Lipinski definition) is 6. The summed E-state index contributed by atoms with van der Waals surface area (Å²) in [6.07, 6.45) is 8.72. The Morgan fingerprint density at radius 2 is 2.07 bits per heavy atom. The standard InChI is InChI=1S/C19H24N8O/c28-19-5-4-18(27-13-20-12-21-27)24-26(19)10-14-6-8-25(9-7-14)11-17-15-2-1-3-16(15)22-23-17/h4-5,12-14H,1-3,6-11H2,(H,22,23). The van der Waals surface area contributed by atoms with Crippen molar-refractivity contribution < 1.29 is 0 Å². The van der Waals surface area contributed by atoms with Gasteiger partial charge in [-0.3, -0.25) is 14.8 Å². The maximum Gasteiger partial charge on any atom is 0.266 e. The maximum atomic E-state index is 12.2. The van der Waals surface area contributed by atoms with Gasteiger partial charge >= 0.3 is 0 Å². The first-order chi connectivity index (χ1) is 13.8. The second-order valence-electron chi connectivity index (χ2n) is 7.75. The van der Waals surface area contributed by atoms with E-state index in [9.17, 15) is 4.79 Å². The summed E-state index contributed by atoms with van der Waals surface area (Å²) < 4.78 is 3.14. The smallest absolute Gasteiger partial charge is 0.266 e. The Kier molecular flexibility index (Phi) is 4.52. The van der Waals surface area contributed by atoms with Gasteiger partial charge < -0.3 is 0 Å². The van der Waals surface area contributed by atoms with Crippen LogP contribution in [0.25, 0.3) is 5.82 Å². The van der Waals surface area contributed by atoms with Crippen LogP contribution in [0.15, 0.2) is 29.6 Å². The number of nitrogens with one attached hydrogen (secondary N) is 1. The second kappa shape index (κ2) is 7.31. The average Bonchev–Trinajstić information content (AvgIpc) is 3.45. The molecule has 28 heavy (non-hydrogen) atoms. The molecule has 146 valence electrons. The van der Waals surface area contributed by atoms with Gasteiger partial charge in [-0.1, -0.05) is 0 Å². The maximum absolute atomic E-state index is 12.2. The molecule has 0 unspecified atom stereocenters. The molecule has 0 bridgehead atoms. The van der Waals surface area contributed by atoms with Crippen LogP contribution >= 0.6 is 0 Å². The summed E-state index contributed by atoms with van der Waals surface area (Å²) in [5, 5.41) is 16.3. The third-order valence-electron chi connectivity index (χ3n) is 5.91. The number of nitrogens with zero attached hydrogens (tertiary/aromatic N) is 7. The van der Waals surface area contributed by atoms with Gasteiger partial charge in [-0.25, -0.2) is 14.3 Å².